The van der Waals surface area contributed by atoms with Gasteiger partial charge in [0, 0.05) is 31.7 Å². The molecule has 166 valence electrons. The molecule has 0 atom stereocenters. The van der Waals surface area contributed by atoms with Gasteiger partial charge in [-0.2, -0.15) is 0 Å². The molecule has 8 heteroatoms. The van der Waals surface area contributed by atoms with Crippen LogP contribution in [0.15, 0.2) is 48.5 Å². The Hall–Kier alpha value is -3.68. The summed E-state index contributed by atoms with van der Waals surface area (Å²) in [5, 5.41) is 0. The van der Waals surface area contributed by atoms with Crippen molar-refractivity contribution < 1.29 is 23.9 Å². The first kappa shape index (κ1) is 21.5. The van der Waals surface area contributed by atoms with Crippen LogP contribution in [0.1, 0.15) is 44.4 Å². The number of amides is 4. The highest BCUT2D eigenvalue weighted by Crippen LogP contribution is 2.22. The zero-order valence-electron chi connectivity index (χ0n) is 18.0. The van der Waals surface area contributed by atoms with Gasteiger partial charge in [-0.05, 0) is 49.7 Å². The fourth-order valence-corrected chi connectivity index (χ4v) is 4.03. The summed E-state index contributed by atoms with van der Waals surface area (Å²) in [4.78, 5) is 55.1. The Kier molecular flexibility index (Phi) is 6.20. The smallest absolute Gasteiger partial charge is 0.262 e. The number of hydrogen-bond donors (Lipinski definition) is 0. The molecule has 4 rings (SSSR count). The molecule has 2 aliphatic rings. The second-order valence-electron chi connectivity index (χ2n) is 7.73. The lowest BCUT2D eigenvalue weighted by atomic mass is 10.1. The number of carbonyl (C=O) groups is 4. The topological polar surface area (TPSA) is 87.2 Å². The molecule has 0 bridgehead atoms. The summed E-state index contributed by atoms with van der Waals surface area (Å²) in [5.74, 6) is -0.565. The number of ether oxygens (including phenoxy) is 1. The van der Waals surface area contributed by atoms with Crippen molar-refractivity contribution in [1.29, 1.82) is 0 Å². The standard InChI is InChI=1S/C24H25N3O5/c1-2-32-18-10-8-17(9-11-18)22(29)26-13-5-12-25(14-15-26)21(28)16-27-23(30)19-6-3-4-7-20(19)24(27)31/h3-4,6-11H,2,5,12-16H2,1H3. The Balaban J connectivity index is 1.36. The van der Waals surface area contributed by atoms with Crippen molar-refractivity contribution >= 4 is 23.6 Å². The molecule has 0 saturated carbocycles. The second kappa shape index (κ2) is 9.21. The maximum absolute atomic E-state index is 12.9. The Morgan fingerprint density at radius 2 is 1.44 bits per heavy atom. The van der Waals surface area contributed by atoms with E-state index in [1.165, 1.54) is 0 Å². The van der Waals surface area contributed by atoms with Crippen LogP contribution in [-0.4, -0.2) is 77.7 Å². The van der Waals surface area contributed by atoms with Gasteiger partial charge in [-0.15, -0.1) is 0 Å². The Morgan fingerprint density at radius 3 is 2.06 bits per heavy atom. The lowest BCUT2D eigenvalue weighted by Crippen LogP contribution is -2.44. The van der Waals surface area contributed by atoms with Gasteiger partial charge in [-0.25, -0.2) is 0 Å². The molecule has 32 heavy (non-hydrogen) atoms. The van der Waals surface area contributed by atoms with Crippen molar-refractivity contribution in [3.05, 3.63) is 65.2 Å². The number of hydrogen-bond acceptors (Lipinski definition) is 5. The van der Waals surface area contributed by atoms with E-state index in [4.69, 9.17) is 4.74 Å². The van der Waals surface area contributed by atoms with Gasteiger partial charge in [0.15, 0.2) is 0 Å². The van der Waals surface area contributed by atoms with Crippen LogP contribution >= 0.6 is 0 Å². The summed E-state index contributed by atoms with van der Waals surface area (Å²) >= 11 is 0. The van der Waals surface area contributed by atoms with Crippen LogP contribution in [0.5, 0.6) is 5.75 Å². The van der Waals surface area contributed by atoms with E-state index in [0.717, 1.165) is 4.90 Å². The van der Waals surface area contributed by atoms with Crippen LogP contribution in [0.3, 0.4) is 0 Å². The average molecular weight is 435 g/mol. The van der Waals surface area contributed by atoms with Crippen LogP contribution in [-0.2, 0) is 4.79 Å². The van der Waals surface area contributed by atoms with Crippen molar-refractivity contribution in [2.24, 2.45) is 0 Å². The largest absolute Gasteiger partial charge is 0.494 e. The van der Waals surface area contributed by atoms with Crippen LogP contribution < -0.4 is 4.74 Å². The summed E-state index contributed by atoms with van der Waals surface area (Å²) in [6.07, 6.45) is 0.622. The van der Waals surface area contributed by atoms with Crippen LogP contribution in [0.2, 0.25) is 0 Å². The minimum Gasteiger partial charge on any atom is -0.494 e. The molecule has 2 aromatic carbocycles. The molecule has 4 amide bonds. The molecule has 0 radical (unpaired) electrons. The molecule has 0 N–H and O–H groups in total. The molecule has 2 heterocycles. The number of fused-ring (bicyclic) bond motifs is 1. The highest BCUT2D eigenvalue weighted by molar-refractivity contribution is 6.22. The normalized spacial score (nSPS) is 16.1. The van der Waals surface area contributed by atoms with Gasteiger partial charge < -0.3 is 14.5 Å². The van der Waals surface area contributed by atoms with E-state index in [-0.39, 0.29) is 18.4 Å². The molecule has 2 aromatic rings. The van der Waals surface area contributed by atoms with Crippen LogP contribution in [0.25, 0.3) is 0 Å². The van der Waals surface area contributed by atoms with Crippen LogP contribution in [0.4, 0.5) is 0 Å². The van der Waals surface area contributed by atoms with E-state index in [9.17, 15) is 19.2 Å². The summed E-state index contributed by atoms with van der Waals surface area (Å²) < 4.78 is 5.42. The molecule has 0 unspecified atom stereocenters. The zero-order chi connectivity index (χ0) is 22.7. The summed E-state index contributed by atoms with van der Waals surface area (Å²) in [5.41, 5.74) is 1.22. The fourth-order valence-electron chi connectivity index (χ4n) is 4.03. The summed E-state index contributed by atoms with van der Waals surface area (Å²) in [7, 11) is 0. The number of nitrogens with zero attached hydrogens (tertiary/aromatic N) is 3. The van der Waals surface area contributed by atoms with Gasteiger partial charge in [-0.3, -0.25) is 24.1 Å². The molecule has 0 aliphatic carbocycles. The first-order valence-corrected chi connectivity index (χ1v) is 10.7. The van der Waals surface area contributed by atoms with Gasteiger partial charge in [-0.1, -0.05) is 12.1 Å². The monoisotopic (exact) mass is 435 g/mol. The average Bonchev–Trinajstić information content (AvgIpc) is 2.97. The van der Waals surface area contributed by atoms with Gasteiger partial charge in [0.25, 0.3) is 17.7 Å². The first-order chi connectivity index (χ1) is 15.5. The molecule has 8 nitrogen and oxygen atoms in total. The molecule has 1 fully saturated rings. The predicted octanol–water partition coefficient (Wildman–Crippen LogP) is 2.06. The quantitative estimate of drug-likeness (QED) is 0.671. The highest BCUT2D eigenvalue weighted by atomic mass is 16.5. The van der Waals surface area contributed by atoms with Gasteiger partial charge in [0.1, 0.15) is 12.3 Å². The van der Waals surface area contributed by atoms with Crippen molar-refractivity contribution in [2.45, 2.75) is 13.3 Å². The number of benzene rings is 2. The third-order valence-corrected chi connectivity index (χ3v) is 5.72. The van der Waals surface area contributed by atoms with E-state index < -0.39 is 11.8 Å². The predicted molar refractivity (Wildman–Crippen MR) is 117 cm³/mol. The SMILES string of the molecule is CCOc1ccc(C(=O)N2CCCN(C(=O)CN3C(=O)c4ccccc4C3=O)CC2)cc1. The van der Waals surface area contributed by atoms with E-state index >= 15 is 0 Å². The molecule has 0 spiro atoms. The number of carbonyl (C=O) groups excluding carboxylic acids is 4. The second-order valence-corrected chi connectivity index (χ2v) is 7.73. The minimum atomic E-state index is -0.443. The molecule has 0 aromatic heterocycles. The lowest BCUT2D eigenvalue weighted by molar-refractivity contribution is -0.131. The van der Waals surface area contributed by atoms with Gasteiger partial charge in [0.2, 0.25) is 5.91 Å². The third kappa shape index (κ3) is 4.21. The van der Waals surface area contributed by atoms with E-state index in [1.54, 1.807) is 58.3 Å². The highest BCUT2D eigenvalue weighted by Gasteiger charge is 2.37. The number of rotatable bonds is 5. The van der Waals surface area contributed by atoms with E-state index in [1.807, 2.05) is 6.92 Å². The summed E-state index contributed by atoms with van der Waals surface area (Å²) in [6.45, 7) is 3.91. The molecular formula is C24H25N3O5. The summed E-state index contributed by atoms with van der Waals surface area (Å²) in [6, 6.07) is 13.6. The van der Waals surface area contributed by atoms with Crippen molar-refractivity contribution in [3.8, 4) is 5.75 Å². The lowest BCUT2D eigenvalue weighted by Gasteiger charge is -2.24. The van der Waals surface area contributed by atoms with Gasteiger partial charge >= 0.3 is 0 Å². The van der Waals surface area contributed by atoms with Crippen LogP contribution in [0, 0.1) is 0 Å². The zero-order valence-corrected chi connectivity index (χ0v) is 18.0. The molecule has 2 aliphatic heterocycles. The van der Waals surface area contributed by atoms with Crippen molar-refractivity contribution in [3.63, 3.8) is 0 Å². The Labute approximate surface area is 186 Å². The number of imide groups is 1. The first-order valence-electron chi connectivity index (χ1n) is 10.7. The van der Waals surface area contributed by atoms with E-state index in [0.29, 0.717) is 61.6 Å². The Morgan fingerprint density at radius 1 is 0.844 bits per heavy atom. The van der Waals surface area contributed by atoms with E-state index in [2.05, 4.69) is 0 Å². The maximum atomic E-state index is 12.9. The minimum absolute atomic E-state index is 0.0947. The van der Waals surface area contributed by atoms with Crippen molar-refractivity contribution in [1.82, 2.24) is 14.7 Å². The maximum Gasteiger partial charge on any atom is 0.262 e. The molecule has 1 saturated heterocycles. The van der Waals surface area contributed by atoms with Gasteiger partial charge in [0.05, 0.1) is 17.7 Å². The van der Waals surface area contributed by atoms with Crippen molar-refractivity contribution in [2.75, 3.05) is 39.3 Å². The fraction of sp³-hybridized carbons (Fsp3) is 0.333. The molecular weight excluding hydrogens is 410 g/mol. The Bertz CT molecular complexity index is 1010. The third-order valence-electron chi connectivity index (χ3n) is 5.72.